The minimum Gasteiger partial charge on any atom is -0.496 e. The molecule has 1 N–H and O–H groups in total. The van der Waals surface area contributed by atoms with Gasteiger partial charge in [0.1, 0.15) is 5.75 Å². The van der Waals surface area contributed by atoms with E-state index < -0.39 is 10.0 Å². The van der Waals surface area contributed by atoms with Crippen molar-refractivity contribution in [1.29, 1.82) is 0 Å². The van der Waals surface area contributed by atoms with Crippen LogP contribution in [0.4, 0.5) is 0 Å². The van der Waals surface area contributed by atoms with Crippen LogP contribution in [0.5, 0.6) is 5.75 Å². The van der Waals surface area contributed by atoms with Gasteiger partial charge in [-0.2, -0.15) is 0 Å². The summed E-state index contributed by atoms with van der Waals surface area (Å²) in [5, 5.41) is 0. The molecule has 5 heteroatoms. The zero-order valence-corrected chi connectivity index (χ0v) is 13.7. The number of methoxy groups -OCH3 is 1. The van der Waals surface area contributed by atoms with E-state index in [0.717, 1.165) is 23.1 Å². The van der Waals surface area contributed by atoms with E-state index >= 15 is 0 Å². The van der Waals surface area contributed by atoms with Crippen molar-refractivity contribution < 1.29 is 13.2 Å². The van der Waals surface area contributed by atoms with Gasteiger partial charge in [-0.15, -0.1) is 0 Å². The maximum absolute atomic E-state index is 12.2. The molecule has 2 aromatic carbocycles. The van der Waals surface area contributed by atoms with Crippen LogP contribution in [0.25, 0.3) is 0 Å². The predicted octanol–water partition coefficient (Wildman–Crippen LogP) is 2.88. The fourth-order valence-corrected chi connectivity index (χ4v) is 3.33. The van der Waals surface area contributed by atoms with Gasteiger partial charge >= 0.3 is 0 Å². The molecule has 0 unspecified atom stereocenters. The Bertz CT molecular complexity index is 712. The zero-order chi connectivity index (χ0) is 16.0. The number of hydrogen-bond donors (Lipinski definition) is 1. The average Bonchev–Trinajstić information content (AvgIpc) is 2.53. The Balaban J connectivity index is 2.08. The molecule has 0 heterocycles. The van der Waals surface area contributed by atoms with Crippen LogP contribution < -0.4 is 9.46 Å². The quantitative estimate of drug-likeness (QED) is 0.854. The molecule has 0 atom stereocenters. The summed E-state index contributed by atoms with van der Waals surface area (Å²) in [6.07, 6.45) is 0.897. The average molecular weight is 319 g/mol. The Morgan fingerprint density at radius 3 is 2.41 bits per heavy atom. The van der Waals surface area contributed by atoms with Crippen LogP contribution in [0.3, 0.4) is 0 Å². The van der Waals surface area contributed by atoms with Crippen molar-refractivity contribution in [2.24, 2.45) is 0 Å². The highest BCUT2D eigenvalue weighted by Gasteiger charge is 2.13. The van der Waals surface area contributed by atoms with Crippen LogP contribution in [0.15, 0.2) is 48.5 Å². The first-order valence-corrected chi connectivity index (χ1v) is 8.86. The maximum atomic E-state index is 12.2. The van der Waals surface area contributed by atoms with Crippen molar-refractivity contribution in [2.75, 3.05) is 7.11 Å². The summed E-state index contributed by atoms with van der Waals surface area (Å²) < 4.78 is 32.3. The largest absolute Gasteiger partial charge is 0.496 e. The predicted molar refractivity (Wildman–Crippen MR) is 88.3 cm³/mol. The van der Waals surface area contributed by atoms with Crippen LogP contribution in [0, 0.1) is 0 Å². The number of benzene rings is 2. The molecule has 0 aliphatic heterocycles. The molecule has 0 aliphatic carbocycles. The van der Waals surface area contributed by atoms with Crippen molar-refractivity contribution in [2.45, 2.75) is 25.6 Å². The van der Waals surface area contributed by atoms with Crippen molar-refractivity contribution in [1.82, 2.24) is 4.72 Å². The third kappa shape index (κ3) is 4.58. The van der Waals surface area contributed by atoms with Crippen LogP contribution in [0.1, 0.15) is 23.6 Å². The molecule has 0 radical (unpaired) electrons. The van der Waals surface area contributed by atoms with Crippen LogP contribution >= 0.6 is 0 Å². The Morgan fingerprint density at radius 2 is 1.77 bits per heavy atom. The summed E-state index contributed by atoms with van der Waals surface area (Å²) in [4.78, 5) is 0. The van der Waals surface area contributed by atoms with E-state index in [9.17, 15) is 8.42 Å². The summed E-state index contributed by atoms with van der Waals surface area (Å²) in [6.45, 7) is 2.29. The van der Waals surface area contributed by atoms with Gasteiger partial charge in [-0.1, -0.05) is 49.4 Å². The molecule has 22 heavy (non-hydrogen) atoms. The first-order chi connectivity index (χ1) is 10.5. The van der Waals surface area contributed by atoms with Crippen molar-refractivity contribution in [3.63, 3.8) is 0 Å². The molecule has 118 valence electrons. The van der Waals surface area contributed by atoms with Crippen LogP contribution in [-0.2, 0) is 28.7 Å². The van der Waals surface area contributed by atoms with Gasteiger partial charge in [0.2, 0.25) is 10.0 Å². The summed E-state index contributed by atoms with van der Waals surface area (Å²) in [5.74, 6) is 0.670. The number of aryl methyl sites for hydroxylation is 1. The normalized spacial score (nSPS) is 11.4. The lowest BCUT2D eigenvalue weighted by Crippen LogP contribution is -2.25. The van der Waals surface area contributed by atoms with Gasteiger partial charge in [-0.3, -0.25) is 0 Å². The highest BCUT2D eigenvalue weighted by molar-refractivity contribution is 7.88. The summed E-state index contributed by atoms with van der Waals surface area (Å²) >= 11 is 0. The van der Waals surface area contributed by atoms with E-state index in [-0.39, 0.29) is 12.3 Å². The number of nitrogens with one attached hydrogen (secondary N) is 1. The van der Waals surface area contributed by atoms with Gasteiger partial charge in [0.05, 0.1) is 12.9 Å². The smallest absolute Gasteiger partial charge is 0.216 e. The highest BCUT2D eigenvalue weighted by atomic mass is 32.2. The summed E-state index contributed by atoms with van der Waals surface area (Å²) in [7, 11) is -1.80. The van der Waals surface area contributed by atoms with E-state index in [1.807, 2.05) is 36.4 Å². The highest BCUT2D eigenvalue weighted by Crippen LogP contribution is 2.20. The van der Waals surface area contributed by atoms with Gasteiger partial charge in [-0.25, -0.2) is 13.1 Å². The van der Waals surface area contributed by atoms with Crippen molar-refractivity contribution >= 4 is 10.0 Å². The molecule has 0 bridgehead atoms. The van der Waals surface area contributed by atoms with Gasteiger partial charge in [0.15, 0.2) is 0 Å². The SMILES string of the molecule is CCc1ccc(OC)c(CNS(=O)(=O)Cc2ccccc2)c1. The summed E-state index contributed by atoms with van der Waals surface area (Å²) in [6, 6.07) is 15.0. The molecule has 0 saturated heterocycles. The Morgan fingerprint density at radius 1 is 1.05 bits per heavy atom. The van der Waals surface area contributed by atoms with E-state index in [4.69, 9.17) is 4.74 Å². The lowest BCUT2D eigenvalue weighted by molar-refractivity contribution is 0.409. The summed E-state index contributed by atoms with van der Waals surface area (Å²) in [5.41, 5.74) is 2.76. The van der Waals surface area contributed by atoms with Gasteiger partial charge < -0.3 is 4.74 Å². The minimum atomic E-state index is -3.38. The molecule has 4 nitrogen and oxygen atoms in total. The number of rotatable bonds is 7. The standard InChI is InChI=1S/C17H21NO3S/c1-3-14-9-10-17(21-2)16(11-14)12-18-22(19,20)13-15-7-5-4-6-8-15/h4-11,18H,3,12-13H2,1-2H3. The lowest BCUT2D eigenvalue weighted by Gasteiger charge is -2.12. The second-order valence-corrected chi connectivity index (χ2v) is 6.87. The monoisotopic (exact) mass is 319 g/mol. The Hall–Kier alpha value is -1.85. The third-order valence-electron chi connectivity index (χ3n) is 3.44. The minimum absolute atomic E-state index is 0.0242. The fourth-order valence-electron chi connectivity index (χ4n) is 2.22. The van der Waals surface area contributed by atoms with Gasteiger partial charge in [0.25, 0.3) is 0 Å². The van der Waals surface area contributed by atoms with E-state index in [2.05, 4.69) is 11.6 Å². The first kappa shape index (κ1) is 16.5. The second kappa shape index (κ2) is 7.42. The van der Waals surface area contributed by atoms with Crippen LogP contribution in [0.2, 0.25) is 0 Å². The van der Waals surface area contributed by atoms with Crippen molar-refractivity contribution in [3.05, 3.63) is 65.2 Å². The second-order valence-electron chi connectivity index (χ2n) is 5.07. The van der Waals surface area contributed by atoms with E-state index in [1.165, 1.54) is 0 Å². The molecule has 0 amide bonds. The van der Waals surface area contributed by atoms with Crippen LogP contribution in [-0.4, -0.2) is 15.5 Å². The molecule has 0 aromatic heterocycles. The molecular weight excluding hydrogens is 298 g/mol. The molecule has 0 aliphatic rings. The molecule has 0 fully saturated rings. The van der Waals surface area contributed by atoms with Crippen molar-refractivity contribution in [3.8, 4) is 5.75 Å². The molecular formula is C17H21NO3S. The molecule has 2 rings (SSSR count). The Labute approximate surface area is 132 Å². The fraction of sp³-hybridized carbons (Fsp3) is 0.294. The third-order valence-corrected chi connectivity index (χ3v) is 4.73. The molecule has 0 saturated carbocycles. The van der Waals surface area contributed by atoms with Gasteiger partial charge in [0, 0.05) is 12.1 Å². The Kier molecular flexibility index (Phi) is 5.57. The first-order valence-electron chi connectivity index (χ1n) is 7.21. The number of ether oxygens (including phenoxy) is 1. The lowest BCUT2D eigenvalue weighted by atomic mass is 10.1. The van der Waals surface area contributed by atoms with Gasteiger partial charge in [-0.05, 0) is 23.6 Å². The maximum Gasteiger partial charge on any atom is 0.216 e. The van der Waals surface area contributed by atoms with E-state index in [1.54, 1.807) is 19.2 Å². The molecule has 0 spiro atoms. The topological polar surface area (TPSA) is 55.4 Å². The number of hydrogen-bond acceptors (Lipinski definition) is 3. The zero-order valence-electron chi connectivity index (χ0n) is 12.9. The number of sulfonamides is 1. The molecule has 2 aromatic rings. The van der Waals surface area contributed by atoms with E-state index in [0.29, 0.717) is 5.75 Å².